The molecule has 0 bridgehead atoms. The lowest BCUT2D eigenvalue weighted by molar-refractivity contribution is -0.00547. The van der Waals surface area contributed by atoms with Gasteiger partial charge in [0.2, 0.25) is 0 Å². The lowest BCUT2D eigenvalue weighted by atomic mass is 10.0. The topological polar surface area (TPSA) is 115 Å². The van der Waals surface area contributed by atoms with Gasteiger partial charge >= 0.3 is 0 Å². The number of fused-ring (bicyclic) bond motifs is 2. The second-order valence-corrected chi connectivity index (χ2v) is 7.88. The van der Waals surface area contributed by atoms with E-state index < -0.39 is 5.91 Å². The van der Waals surface area contributed by atoms with E-state index in [0.29, 0.717) is 47.8 Å². The standard InChI is InChI=1S/C20H19ClN6O3/c21-13-3-4-16-15(8-13)24-25-27(16)18-10-30-6-5-17(18)26-9-12-2-1-11(19(28)23-22)7-14(12)20(26)29/h1-4,7-8,17-18H,5-6,9-10,22H2,(H,23,28)/t17-,18-/m1/s1. The summed E-state index contributed by atoms with van der Waals surface area (Å²) >= 11 is 6.07. The first-order chi connectivity index (χ1) is 14.6. The summed E-state index contributed by atoms with van der Waals surface area (Å²) in [4.78, 5) is 26.9. The van der Waals surface area contributed by atoms with Gasteiger partial charge in [-0.05, 0) is 42.3 Å². The Bertz CT molecular complexity index is 1160. The Labute approximate surface area is 176 Å². The number of nitrogen functional groups attached to an aromatic ring is 1. The number of nitrogens with two attached hydrogens (primary N) is 1. The number of hydrogen-bond acceptors (Lipinski definition) is 6. The van der Waals surface area contributed by atoms with Crippen molar-refractivity contribution in [1.82, 2.24) is 25.3 Å². The highest BCUT2D eigenvalue weighted by Crippen LogP contribution is 2.34. The Morgan fingerprint density at radius 1 is 1.23 bits per heavy atom. The third-order valence-corrected chi connectivity index (χ3v) is 6.01. The first kappa shape index (κ1) is 19.0. The van der Waals surface area contributed by atoms with Crippen LogP contribution in [0.25, 0.3) is 11.0 Å². The third kappa shape index (κ3) is 3.02. The maximum absolute atomic E-state index is 13.2. The number of carbonyl (C=O) groups is 2. The van der Waals surface area contributed by atoms with Crippen molar-refractivity contribution in [2.75, 3.05) is 13.2 Å². The highest BCUT2D eigenvalue weighted by Gasteiger charge is 2.40. The van der Waals surface area contributed by atoms with Gasteiger partial charge in [0.1, 0.15) is 5.52 Å². The molecule has 154 valence electrons. The van der Waals surface area contributed by atoms with E-state index >= 15 is 0 Å². The van der Waals surface area contributed by atoms with Crippen LogP contribution in [0.15, 0.2) is 36.4 Å². The molecule has 2 amide bonds. The molecule has 1 fully saturated rings. The summed E-state index contributed by atoms with van der Waals surface area (Å²) in [6, 6.07) is 10.2. The molecule has 1 aromatic heterocycles. The van der Waals surface area contributed by atoms with Gasteiger partial charge in [-0.25, -0.2) is 10.5 Å². The molecule has 9 nitrogen and oxygen atoms in total. The summed E-state index contributed by atoms with van der Waals surface area (Å²) in [6.45, 7) is 1.45. The largest absolute Gasteiger partial charge is 0.379 e. The fraction of sp³-hybridized carbons (Fsp3) is 0.300. The smallest absolute Gasteiger partial charge is 0.265 e. The zero-order chi connectivity index (χ0) is 20.8. The van der Waals surface area contributed by atoms with Gasteiger partial charge in [-0.1, -0.05) is 22.9 Å². The summed E-state index contributed by atoms with van der Waals surface area (Å²) in [7, 11) is 0. The molecule has 3 N–H and O–H groups in total. The summed E-state index contributed by atoms with van der Waals surface area (Å²) < 4.78 is 7.54. The maximum atomic E-state index is 13.2. The van der Waals surface area contributed by atoms with Crippen molar-refractivity contribution in [3.8, 4) is 0 Å². The minimum atomic E-state index is -0.430. The van der Waals surface area contributed by atoms with E-state index in [1.807, 2.05) is 15.6 Å². The van der Waals surface area contributed by atoms with Crippen LogP contribution in [0, 0.1) is 0 Å². The van der Waals surface area contributed by atoms with Gasteiger partial charge in [-0.15, -0.1) is 5.10 Å². The highest BCUT2D eigenvalue weighted by atomic mass is 35.5. The summed E-state index contributed by atoms with van der Waals surface area (Å²) in [6.07, 6.45) is 0.676. The number of aromatic nitrogens is 3. The van der Waals surface area contributed by atoms with E-state index in [1.54, 1.807) is 30.3 Å². The first-order valence-electron chi connectivity index (χ1n) is 9.60. The van der Waals surface area contributed by atoms with Crippen molar-refractivity contribution in [3.63, 3.8) is 0 Å². The Hall–Kier alpha value is -3.01. The molecule has 3 aromatic rings. The van der Waals surface area contributed by atoms with E-state index in [1.165, 1.54) is 0 Å². The number of ether oxygens (including phenoxy) is 1. The minimum absolute atomic E-state index is 0.110. The van der Waals surface area contributed by atoms with Gasteiger partial charge in [0.25, 0.3) is 11.8 Å². The van der Waals surface area contributed by atoms with E-state index in [4.69, 9.17) is 22.2 Å². The Balaban J connectivity index is 1.49. The zero-order valence-electron chi connectivity index (χ0n) is 15.9. The number of nitrogens with zero attached hydrogens (tertiary/aromatic N) is 4. The molecule has 30 heavy (non-hydrogen) atoms. The number of benzene rings is 2. The molecule has 0 unspecified atom stereocenters. The van der Waals surface area contributed by atoms with Crippen molar-refractivity contribution >= 4 is 34.4 Å². The second kappa shape index (κ2) is 7.35. The van der Waals surface area contributed by atoms with Gasteiger partial charge in [0.15, 0.2) is 0 Å². The van der Waals surface area contributed by atoms with Crippen LogP contribution < -0.4 is 11.3 Å². The molecule has 0 aliphatic carbocycles. The quantitative estimate of drug-likeness (QED) is 0.374. The van der Waals surface area contributed by atoms with Crippen LogP contribution in [0.5, 0.6) is 0 Å². The van der Waals surface area contributed by atoms with E-state index in [0.717, 1.165) is 11.1 Å². The molecule has 5 rings (SSSR count). The number of hydrogen-bond donors (Lipinski definition) is 2. The average Bonchev–Trinajstić information content (AvgIpc) is 3.33. The van der Waals surface area contributed by atoms with Crippen molar-refractivity contribution in [3.05, 3.63) is 58.1 Å². The minimum Gasteiger partial charge on any atom is -0.379 e. The molecule has 0 radical (unpaired) electrons. The number of nitrogens with one attached hydrogen (secondary N) is 1. The molecule has 2 aliphatic heterocycles. The molecule has 3 heterocycles. The SMILES string of the molecule is NNC(=O)c1ccc2c(c1)C(=O)N([C@@H]1CCOC[C@H]1n1nnc3cc(Cl)ccc31)C2. The Morgan fingerprint density at radius 3 is 2.93 bits per heavy atom. The zero-order valence-corrected chi connectivity index (χ0v) is 16.7. The van der Waals surface area contributed by atoms with Gasteiger partial charge in [-0.3, -0.25) is 15.0 Å². The summed E-state index contributed by atoms with van der Waals surface area (Å²) in [5.74, 6) is 4.68. The van der Waals surface area contributed by atoms with Crippen LogP contribution in [-0.2, 0) is 11.3 Å². The normalized spacial score (nSPS) is 21.1. The van der Waals surface area contributed by atoms with E-state index in [-0.39, 0.29) is 18.0 Å². The fourth-order valence-electron chi connectivity index (χ4n) is 4.28. The number of halogens is 1. The van der Waals surface area contributed by atoms with Gasteiger partial charge < -0.3 is 9.64 Å². The fourth-order valence-corrected chi connectivity index (χ4v) is 4.45. The number of amides is 2. The Morgan fingerprint density at radius 2 is 2.10 bits per heavy atom. The molecular weight excluding hydrogens is 408 g/mol. The first-order valence-corrected chi connectivity index (χ1v) is 9.97. The van der Waals surface area contributed by atoms with Gasteiger partial charge in [0, 0.05) is 29.3 Å². The maximum Gasteiger partial charge on any atom is 0.265 e. The van der Waals surface area contributed by atoms with Crippen LogP contribution in [0.2, 0.25) is 5.02 Å². The monoisotopic (exact) mass is 426 g/mol. The lowest BCUT2D eigenvalue weighted by Crippen LogP contribution is -2.47. The number of carbonyl (C=O) groups excluding carboxylic acids is 2. The van der Waals surface area contributed by atoms with Crippen LogP contribution in [0.1, 0.15) is 38.7 Å². The second-order valence-electron chi connectivity index (χ2n) is 7.44. The van der Waals surface area contributed by atoms with Crippen molar-refractivity contribution in [2.24, 2.45) is 5.84 Å². The molecule has 2 aromatic carbocycles. The van der Waals surface area contributed by atoms with Crippen LogP contribution in [0.3, 0.4) is 0 Å². The van der Waals surface area contributed by atoms with E-state index in [2.05, 4.69) is 15.7 Å². The third-order valence-electron chi connectivity index (χ3n) is 5.77. The van der Waals surface area contributed by atoms with Gasteiger partial charge in [0.05, 0.1) is 24.2 Å². The van der Waals surface area contributed by atoms with Crippen molar-refractivity contribution in [2.45, 2.75) is 25.0 Å². The highest BCUT2D eigenvalue weighted by molar-refractivity contribution is 6.31. The molecule has 0 spiro atoms. The van der Waals surface area contributed by atoms with Crippen LogP contribution in [-0.4, -0.2) is 51.0 Å². The van der Waals surface area contributed by atoms with Crippen LogP contribution >= 0.6 is 11.6 Å². The average molecular weight is 427 g/mol. The molecule has 2 aliphatic rings. The molecule has 10 heteroatoms. The predicted molar refractivity (Wildman–Crippen MR) is 109 cm³/mol. The van der Waals surface area contributed by atoms with E-state index in [9.17, 15) is 9.59 Å². The predicted octanol–water partition coefficient (Wildman–Crippen LogP) is 1.67. The Kier molecular flexibility index (Phi) is 4.65. The molecular formula is C20H19ClN6O3. The number of hydrazine groups is 1. The summed E-state index contributed by atoms with van der Waals surface area (Å²) in [5.41, 5.74) is 5.40. The summed E-state index contributed by atoms with van der Waals surface area (Å²) in [5, 5.41) is 9.15. The van der Waals surface area contributed by atoms with Crippen molar-refractivity contribution < 1.29 is 14.3 Å². The molecule has 1 saturated heterocycles. The molecule has 2 atom stereocenters. The lowest BCUT2D eigenvalue weighted by Gasteiger charge is -2.37. The van der Waals surface area contributed by atoms with Crippen LogP contribution in [0.4, 0.5) is 0 Å². The number of rotatable bonds is 3. The molecule has 0 saturated carbocycles. The van der Waals surface area contributed by atoms with Crippen molar-refractivity contribution in [1.29, 1.82) is 0 Å². The van der Waals surface area contributed by atoms with Gasteiger partial charge in [-0.2, -0.15) is 0 Å².